The molecule has 18 heavy (non-hydrogen) atoms. The fourth-order valence-electron chi connectivity index (χ4n) is 2.85. The van der Waals surface area contributed by atoms with Crippen LogP contribution < -0.4 is 0 Å². The summed E-state index contributed by atoms with van der Waals surface area (Å²) in [5, 5.41) is 2.85. The van der Waals surface area contributed by atoms with E-state index in [9.17, 15) is 0 Å². The summed E-state index contributed by atoms with van der Waals surface area (Å²) in [5.74, 6) is 0.619. The molecule has 0 spiro atoms. The molecule has 0 fully saturated rings. The molecular weight excluding hydrogens is 300 g/mol. The zero-order valence-corrected chi connectivity index (χ0v) is 12.7. The molecule has 2 aromatic carbocycles. The van der Waals surface area contributed by atoms with E-state index < -0.39 is 0 Å². The Hall–Kier alpha value is -0.872. The summed E-state index contributed by atoms with van der Waals surface area (Å²) in [5.41, 5.74) is 2.90. The Morgan fingerprint density at radius 3 is 2.61 bits per heavy atom. The number of rotatable bonds is 3. The summed E-state index contributed by atoms with van der Waals surface area (Å²) in [4.78, 5) is 0. The third-order valence-electron chi connectivity index (χ3n) is 3.75. The summed E-state index contributed by atoms with van der Waals surface area (Å²) in [6, 6.07) is 13.3. The molecule has 0 radical (unpaired) electrons. The molecule has 0 saturated heterocycles. The Morgan fingerprint density at radius 1 is 1.06 bits per heavy atom. The van der Waals surface area contributed by atoms with Crippen molar-refractivity contribution in [2.75, 3.05) is 0 Å². The minimum Gasteiger partial charge on any atom is -0.0764 e. The van der Waals surface area contributed by atoms with Crippen molar-refractivity contribution >= 4 is 16.8 Å². The fourth-order valence-corrected chi connectivity index (χ4v) is 2.85. The van der Waals surface area contributed by atoms with Crippen LogP contribution in [0.15, 0.2) is 42.5 Å². The molecular formula is C17H18Mo. The molecule has 0 aliphatic heterocycles. The number of benzene rings is 2. The monoisotopic (exact) mass is 320 g/mol. The smallest absolute Gasteiger partial charge is 0.00276 e. The topological polar surface area (TPSA) is 0 Å². The van der Waals surface area contributed by atoms with Crippen LogP contribution in [0.2, 0.25) is 0 Å². The third-order valence-corrected chi connectivity index (χ3v) is 3.75. The van der Waals surface area contributed by atoms with Crippen LogP contribution in [0, 0.1) is 0 Å². The molecule has 1 unspecified atom stereocenters. The minimum atomic E-state index is 0. The van der Waals surface area contributed by atoms with E-state index in [-0.39, 0.29) is 21.1 Å². The second kappa shape index (κ2) is 5.85. The molecule has 0 bridgehead atoms. The first-order chi connectivity index (χ1) is 8.40. The van der Waals surface area contributed by atoms with Gasteiger partial charge in [-0.2, -0.15) is 0 Å². The zero-order chi connectivity index (χ0) is 11.7. The largest absolute Gasteiger partial charge is 0.0764 e. The minimum absolute atomic E-state index is 0. The maximum atomic E-state index is 2.38. The van der Waals surface area contributed by atoms with Gasteiger partial charge in [0.2, 0.25) is 0 Å². The summed E-state index contributed by atoms with van der Waals surface area (Å²) < 4.78 is 0. The molecule has 2 aromatic rings. The molecule has 0 heterocycles. The normalized spacial score (nSPS) is 16.6. The van der Waals surface area contributed by atoms with Gasteiger partial charge in [0, 0.05) is 27.0 Å². The van der Waals surface area contributed by atoms with Gasteiger partial charge in [0.25, 0.3) is 0 Å². The van der Waals surface area contributed by atoms with Crippen LogP contribution in [0.1, 0.15) is 43.2 Å². The molecule has 0 amide bonds. The molecule has 0 saturated carbocycles. The standard InChI is InChI=1S/C17H18.Mo/c1-2-3-6-13-11-12-15-8-4-7-14-9-5-10-16(13)17(14)15;/h4-5,7-13H,2-3,6H2,1H3;. The van der Waals surface area contributed by atoms with Gasteiger partial charge >= 0.3 is 0 Å². The average molecular weight is 318 g/mol. The molecule has 92 valence electrons. The van der Waals surface area contributed by atoms with Crippen molar-refractivity contribution in [2.24, 2.45) is 0 Å². The van der Waals surface area contributed by atoms with Gasteiger partial charge in [-0.1, -0.05) is 68.3 Å². The van der Waals surface area contributed by atoms with Crippen LogP contribution in [0.5, 0.6) is 0 Å². The molecule has 0 nitrogen and oxygen atoms in total. The van der Waals surface area contributed by atoms with E-state index in [1.165, 1.54) is 41.2 Å². The second-order valence-electron chi connectivity index (χ2n) is 4.90. The van der Waals surface area contributed by atoms with Crippen molar-refractivity contribution in [3.63, 3.8) is 0 Å². The predicted molar refractivity (Wildman–Crippen MR) is 75.2 cm³/mol. The maximum Gasteiger partial charge on any atom is 0.00276 e. The fraction of sp³-hybridized carbons (Fsp3) is 0.294. The Labute approximate surface area is 123 Å². The van der Waals surface area contributed by atoms with Gasteiger partial charge in [-0.05, 0) is 28.3 Å². The summed E-state index contributed by atoms with van der Waals surface area (Å²) in [7, 11) is 0. The van der Waals surface area contributed by atoms with Crippen LogP contribution in [-0.4, -0.2) is 0 Å². The maximum absolute atomic E-state index is 2.38. The average Bonchev–Trinajstić information content (AvgIpc) is 2.39. The van der Waals surface area contributed by atoms with Gasteiger partial charge in [0.1, 0.15) is 0 Å². The molecule has 0 N–H and O–H groups in total. The Balaban J connectivity index is 0.00000120. The Bertz CT molecular complexity index is 564. The molecule has 1 aliphatic rings. The van der Waals surface area contributed by atoms with Gasteiger partial charge in [-0.15, -0.1) is 0 Å². The van der Waals surface area contributed by atoms with Gasteiger partial charge in [-0.3, -0.25) is 0 Å². The first-order valence-electron chi connectivity index (χ1n) is 6.60. The van der Waals surface area contributed by atoms with E-state index in [4.69, 9.17) is 0 Å². The predicted octanol–water partition coefficient (Wildman–Crippen LogP) is 5.14. The van der Waals surface area contributed by atoms with Crippen molar-refractivity contribution in [2.45, 2.75) is 32.1 Å². The van der Waals surface area contributed by atoms with Crippen molar-refractivity contribution in [3.8, 4) is 0 Å². The molecule has 3 rings (SSSR count). The third kappa shape index (κ3) is 2.31. The molecule has 1 atom stereocenters. The van der Waals surface area contributed by atoms with Crippen molar-refractivity contribution in [1.82, 2.24) is 0 Å². The van der Waals surface area contributed by atoms with Gasteiger partial charge in [0.15, 0.2) is 0 Å². The van der Waals surface area contributed by atoms with Gasteiger partial charge in [-0.25, -0.2) is 0 Å². The number of hydrogen-bond acceptors (Lipinski definition) is 0. The van der Waals surface area contributed by atoms with E-state index in [0.717, 1.165) is 0 Å². The molecule has 1 heteroatoms. The van der Waals surface area contributed by atoms with Crippen LogP contribution >= 0.6 is 0 Å². The number of allylic oxidation sites excluding steroid dienone is 1. The first-order valence-corrected chi connectivity index (χ1v) is 6.60. The van der Waals surface area contributed by atoms with E-state index in [2.05, 4.69) is 55.5 Å². The van der Waals surface area contributed by atoms with Crippen LogP contribution in [0.25, 0.3) is 16.8 Å². The summed E-state index contributed by atoms with van der Waals surface area (Å²) in [6.45, 7) is 2.26. The van der Waals surface area contributed by atoms with Crippen molar-refractivity contribution in [3.05, 3.63) is 53.6 Å². The summed E-state index contributed by atoms with van der Waals surface area (Å²) in [6.07, 6.45) is 8.55. The zero-order valence-electron chi connectivity index (χ0n) is 10.7. The first kappa shape index (κ1) is 13.6. The number of unbranched alkanes of at least 4 members (excludes halogenated alkanes) is 1. The molecule has 0 aromatic heterocycles. The van der Waals surface area contributed by atoms with Crippen molar-refractivity contribution in [1.29, 1.82) is 0 Å². The van der Waals surface area contributed by atoms with Gasteiger partial charge < -0.3 is 0 Å². The quantitative estimate of drug-likeness (QED) is 0.688. The van der Waals surface area contributed by atoms with E-state index in [0.29, 0.717) is 5.92 Å². The van der Waals surface area contributed by atoms with Crippen LogP contribution in [-0.2, 0) is 21.1 Å². The van der Waals surface area contributed by atoms with E-state index in [1.807, 2.05) is 0 Å². The number of hydrogen-bond donors (Lipinski definition) is 0. The van der Waals surface area contributed by atoms with Crippen LogP contribution in [0.4, 0.5) is 0 Å². The Kier molecular flexibility index (Phi) is 4.40. The van der Waals surface area contributed by atoms with E-state index >= 15 is 0 Å². The Morgan fingerprint density at radius 2 is 1.83 bits per heavy atom. The second-order valence-corrected chi connectivity index (χ2v) is 4.90. The SMILES string of the molecule is CCCCC1C=Cc2cccc3cccc1c23.[Mo]. The van der Waals surface area contributed by atoms with Crippen LogP contribution in [0.3, 0.4) is 0 Å². The van der Waals surface area contributed by atoms with Gasteiger partial charge in [0.05, 0.1) is 0 Å². The molecule has 1 aliphatic carbocycles. The summed E-state index contributed by atoms with van der Waals surface area (Å²) >= 11 is 0. The van der Waals surface area contributed by atoms with E-state index in [1.54, 1.807) is 0 Å². The van der Waals surface area contributed by atoms with Crippen molar-refractivity contribution < 1.29 is 21.1 Å².